The van der Waals surface area contributed by atoms with E-state index in [4.69, 9.17) is 14.6 Å². The van der Waals surface area contributed by atoms with Crippen LogP contribution in [0.1, 0.15) is 77.1 Å². The van der Waals surface area contributed by atoms with Crippen LogP contribution in [0, 0.1) is 5.92 Å². The molecule has 2 aliphatic rings. The fourth-order valence-electron chi connectivity index (χ4n) is 7.09. The van der Waals surface area contributed by atoms with E-state index in [0.717, 1.165) is 65.1 Å². The molecule has 2 aromatic heterocycles. The molecule has 57 heavy (non-hydrogen) atoms. The first-order valence-electron chi connectivity index (χ1n) is 18.4. The van der Waals surface area contributed by atoms with Crippen LogP contribution >= 0.6 is 40.5 Å². The van der Waals surface area contributed by atoms with Crippen LogP contribution in [0.3, 0.4) is 0 Å². The SMILES string of the molecule is COOC=N[C@H](C(=O)N1CCC[C@H]1c1ncc(-c2ccc(-c3ccc(-c4cnc([C@@H]5CCCN5C(=O)N(NC(=O)OC)C(C)C)[nH]4)cc3)cc2)[nH]1)C(C)C.S.S.S. The Kier molecular flexibility index (Phi) is 17.4. The minimum Gasteiger partial charge on any atom is -0.452 e. The standard InChI is InChI=1S/C39H49N9O6.3H2S/c1-24(2)34(42-23-54-53-6)37(49)46-19-7-9-32(46)35-40-21-30(43-35)28-15-11-26(12-16-28)27-13-17-29(18-14-27)31-22-41-36(44-31)33-10-8-20-47(33)39(51)48(25(3)4)45-38(50)52-5;;;/h11-18,21-25,32-34H,7-10,19-20H2,1-6H3,(H,40,43)(H,41,44)(H,45,50);3*1H2/t32-,33-,34-;;;/m0.../s1. The number of imidazole rings is 2. The number of hydrazine groups is 1. The van der Waals surface area contributed by atoms with E-state index in [0.29, 0.717) is 18.9 Å². The van der Waals surface area contributed by atoms with Gasteiger partial charge in [-0.2, -0.15) is 45.4 Å². The molecule has 4 heterocycles. The topological polar surface area (TPSA) is 170 Å². The van der Waals surface area contributed by atoms with Crippen molar-refractivity contribution in [1.82, 2.24) is 40.2 Å². The average Bonchev–Trinajstić information content (AvgIpc) is 4.02. The summed E-state index contributed by atoms with van der Waals surface area (Å²) in [7, 11) is 2.66. The third kappa shape index (κ3) is 10.7. The van der Waals surface area contributed by atoms with Gasteiger partial charge < -0.3 is 29.4 Å². The highest BCUT2D eigenvalue weighted by Crippen LogP contribution is 2.35. The Morgan fingerprint density at radius 2 is 1.26 bits per heavy atom. The summed E-state index contributed by atoms with van der Waals surface area (Å²) in [5, 5.41) is 1.29. The van der Waals surface area contributed by atoms with Crippen molar-refractivity contribution in [1.29, 1.82) is 0 Å². The van der Waals surface area contributed by atoms with Crippen LogP contribution in [-0.4, -0.2) is 98.6 Å². The van der Waals surface area contributed by atoms with Gasteiger partial charge in [-0.3, -0.25) is 4.79 Å². The molecule has 310 valence electrons. The van der Waals surface area contributed by atoms with Crippen molar-refractivity contribution in [2.45, 2.75) is 77.5 Å². The highest BCUT2D eigenvalue weighted by molar-refractivity contribution is 7.59. The van der Waals surface area contributed by atoms with E-state index in [1.54, 1.807) is 11.1 Å². The van der Waals surface area contributed by atoms with Crippen LogP contribution in [0.5, 0.6) is 0 Å². The van der Waals surface area contributed by atoms with Crippen molar-refractivity contribution in [3.8, 4) is 33.6 Å². The van der Waals surface area contributed by atoms with Crippen LogP contribution in [0.15, 0.2) is 65.9 Å². The number of aromatic amines is 2. The molecule has 0 unspecified atom stereocenters. The number of amides is 4. The Bertz CT molecular complexity index is 1940. The van der Waals surface area contributed by atoms with Gasteiger partial charge >= 0.3 is 12.1 Å². The molecule has 0 aliphatic carbocycles. The average molecular weight is 842 g/mol. The number of methoxy groups -OCH3 is 1. The third-order valence-corrected chi connectivity index (χ3v) is 9.95. The second-order valence-electron chi connectivity index (χ2n) is 14.1. The van der Waals surface area contributed by atoms with Crippen molar-refractivity contribution in [3.05, 3.63) is 72.6 Å². The summed E-state index contributed by atoms with van der Waals surface area (Å²) >= 11 is 0. The predicted octanol–water partition coefficient (Wildman–Crippen LogP) is 7.00. The lowest BCUT2D eigenvalue weighted by atomic mass is 10.0. The second-order valence-corrected chi connectivity index (χ2v) is 14.1. The monoisotopic (exact) mass is 841 g/mol. The van der Waals surface area contributed by atoms with Crippen molar-refractivity contribution < 1.29 is 28.9 Å². The molecule has 2 aliphatic heterocycles. The maximum Gasteiger partial charge on any atom is 0.425 e. The van der Waals surface area contributed by atoms with E-state index < -0.39 is 12.1 Å². The number of hydrogen-bond acceptors (Lipinski definition) is 9. The molecule has 0 saturated carbocycles. The van der Waals surface area contributed by atoms with Gasteiger partial charge in [-0.15, -0.1) is 0 Å². The maximum absolute atomic E-state index is 13.5. The highest BCUT2D eigenvalue weighted by Gasteiger charge is 2.38. The summed E-state index contributed by atoms with van der Waals surface area (Å²) in [5.74, 6) is 1.40. The zero-order chi connectivity index (χ0) is 38.4. The predicted molar refractivity (Wildman–Crippen MR) is 234 cm³/mol. The van der Waals surface area contributed by atoms with Crippen molar-refractivity contribution in [2.75, 3.05) is 27.3 Å². The zero-order valence-electron chi connectivity index (χ0n) is 33.1. The quantitative estimate of drug-likeness (QED) is 0.0627. The number of aromatic nitrogens is 4. The molecule has 15 nitrogen and oxygen atoms in total. The zero-order valence-corrected chi connectivity index (χ0v) is 36.1. The van der Waals surface area contributed by atoms with Crippen LogP contribution < -0.4 is 5.43 Å². The van der Waals surface area contributed by atoms with Gasteiger partial charge in [0.15, 0.2) is 0 Å². The number of ether oxygens (including phenoxy) is 1. The first kappa shape index (κ1) is 46.7. The minimum absolute atomic E-state index is 0. The third-order valence-electron chi connectivity index (χ3n) is 9.95. The molecule has 2 aromatic carbocycles. The number of likely N-dealkylation sites (tertiary alicyclic amines) is 2. The van der Waals surface area contributed by atoms with Crippen LogP contribution in [0.2, 0.25) is 0 Å². The van der Waals surface area contributed by atoms with Gasteiger partial charge in [-0.05, 0) is 67.7 Å². The van der Waals surface area contributed by atoms with Gasteiger partial charge in [0.1, 0.15) is 17.7 Å². The number of aliphatic imine (C=N–C) groups is 1. The summed E-state index contributed by atoms with van der Waals surface area (Å²) in [5.41, 5.74) is 8.36. The first-order valence-corrected chi connectivity index (χ1v) is 18.4. The molecule has 3 atom stereocenters. The number of benzene rings is 2. The molecule has 0 bridgehead atoms. The maximum atomic E-state index is 13.5. The summed E-state index contributed by atoms with van der Waals surface area (Å²) in [6.07, 6.45) is 7.40. The van der Waals surface area contributed by atoms with E-state index in [1.165, 1.54) is 25.6 Å². The summed E-state index contributed by atoms with van der Waals surface area (Å²) in [4.78, 5) is 72.4. The number of nitrogens with one attached hydrogen (secondary N) is 3. The Morgan fingerprint density at radius 3 is 1.72 bits per heavy atom. The first-order chi connectivity index (χ1) is 26.1. The van der Waals surface area contributed by atoms with Gasteiger partial charge in [0.25, 0.3) is 0 Å². The molecule has 2 saturated heterocycles. The molecule has 4 aromatic rings. The Hall–Kier alpha value is -4.65. The molecule has 6 rings (SSSR count). The highest BCUT2D eigenvalue weighted by atomic mass is 32.1. The molecule has 4 amide bonds. The van der Waals surface area contributed by atoms with Crippen molar-refractivity contribution in [2.24, 2.45) is 10.9 Å². The van der Waals surface area contributed by atoms with Gasteiger partial charge in [0.05, 0.1) is 50.1 Å². The number of hydrogen-bond donors (Lipinski definition) is 3. The van der Waals surface area contributed by atoms with Gasteiger partial charge in [-0.1, -0.05) is 62.4 Å². The molecule has 0 radical (unpaired) electrons. The normalized spacial score (nSPS) is 16.8. The summed E-state index contributed by atoms with van der Waals surface area (Å²) in [6.45, 7) is 8.78. The molecule has 2 fully saturated rings. The number of H-pyrrole nitrogens is 2. The van der Waals surface area contributed by atoms with Gasteiger partial charge in [0, 0.05) is 19.1 Å². The molecule has 0 spiro atoms. The molecular weight excluding hydrogens is 787 g/mol. The lowest BCUT2D eigenvalue weighted by Crippen LogP contribution is -2.54. The fourth-order valence-corrected chi connectivity index (χ4v) is 7.09. The molecule has 3 N–H and O–H groups in total. The lowest BCUT2D eigenvalue weighted by Gasteiger charge is -2.33. The van der Waals surface area contributed by atoms with Gasteiger partial charge in [-0.25, -0.2) is 35.0 Å². The van der Waals surface area contributed by atoms with Crippen LogP contribution in [0.4, 0.5) is 9.59 Å². The second kappa shape index (κ2) is 21.2. The number of carbonyl (C=O) groups excluding carboxylic acids is 3. The van der Waals surface area contributed by atoms with Crippen molar-refractivity contribution >= 4 is 64.9 Å². The van der Waals surface area contributed by atoms with Crippen molar-refractivity contribution in [3.63, 3.8) is 0 Å². The van der Waals surface area contributed by atoms with E-state index in [2.05, 4.69) is 78.8 Å². The van der Waals surface area contributed by atoms with E-state index >= 15 is 0 Å². The number of urea groups is 1. The summed E-state index contributed by atoms with van der Waals surface area (Å²) < 4.78 is 4.71. The fraction of sp³-hybridized carbons (Fsp3) is 0.436. The number of rotatable bonds is 11. The molecule has 18 heteroatoms. The Balaban J connectivity index is 0.00000290. The smallest absolute Gasteiger partial charge is 0.425 e. The van der Waals surface area contributed by atoms with E-state index in [9.17, 15) is 14.4 Å². The molecular formula is C39H55N9O6S3. The number of carbonyl (C=O) groups is 3. The summed E-state index contributed by atoms with van der Waals surface area (Å²) in [6, 6.07) is 15.0. The lowest BCUT2D eigenvalue weighted by molar-refractivity contribution is -0.188. The number of nitrogens with zero attached hydrogens (tertiary/aromatic N) is 6. The van der Waals surface area contributed by atoms with Gasteiger partial charge in [0.2, 0.25) is 12.3 Å². The van der Waals surface area contributed by atoms with E-state index in [1.807, 2.05) is 38.8 Å². The van der Waals surface area contributed by atoms with Crippen LogP contribution in [0.25, 0.3) is 33.6 Å². The Morgan fingerprint density at radius 1 is 0.789 bits per heavy atom. The van der Waals surface area contributed by atoms with E-state index in [-0.39, 0.29) is 76.5 Å². The van der Waals surface area contributed by atoms with Crippen LogP contribution in [-0.2, 0) is 19.3 Å². The largest absolute Gasteiger partial charge is 0.452 e. The Labute approximate surface area is 354 Å². The minimum atomic E-state index is -0.695.